The molecule has 4 nitrogen and oxygen atoms in total. The van der Waals surface area contributed by atoms with Crippen LogP contribution < -0.4 is 5.32 Å². The van der Waals surface area contributed by atoms with Gasteiger partial charge in [0, 0.05) is 35.9 Å². The zero-order valence-corrected chi connectivity index (χ0v) is 16.6. The first kappa shape index (κ1) is 20.6. The summed E-state index contributed by atoms with van der Waals surface area (Å²) in [6.07, 6.45) is 3.73. The fourth-order valence-electron chi connectivity index (χ4n) is 2.94. The molecule has 0 saturated heterocycles. The number of aryl methyl sites for hydroxylation is 2. The zero-order valence-electron chi connectivity index (χ0n) is 16.6. The van der Waals surface area contributed by atoms with Crippen molar-refractivity contribution >= 4 is 11.5 Å². The van der Waals surface area contributed by atoms with E-state index in [9.17, 15) is 13.2 Å². The molecule has 0 unspecified atom stereocenters. The van der Waals surface area contributed by atoms with Crippen LogP contribution in [-0.2, 0) is 12.7 Å². The van der Waals surface area contributed by atoms with E-state index in [0.717, 1.165) is 41.1 Å². The second kappa shape index (κ2) is 8.51. The van der Waals surface area contributed by atoms with Crippen LogP contribution in [0.1, 0.15) is 41.3 Å². The topological polar surface area (TPSA) is 42.7 Å². The third kappa shape index (κ3) is 5.25. The summed E-state index contributed by atoms with van der Waals surface area (Å²) in [5, 5.41) is 3.29. The van der Waals surface area contributed by atoms with Crippen molar-refractivity contribution in [1.29, 1.82) is 0 Å². The quantitative estimate of drug-likeness (QED) is 0.566. The number of imidazole rings is 1. The van der Waals surface area contributed by atoms with Gasteiger partial charge in [-0.15, -0.1) is 0 Å². The molecule has 0 fully saturated rings. The number of hydrogen-bond donors (Lipinski definition) is 1. The van der Waals surface area contributed by atoms with E-state index < -0.39 is 11.7 Å². The van der Waals surface area contributed by atoms with Gasteiger partial charge in [-0.25, -0.2) is 4.98 Å². The van der Waals surface area contributed by atoms with E-state index in [4.69, 9.17) is 0 Å². The predicted octanol–water partition coefficient (Wildman–Crippen LogP) is 5.83. The molecule has 0 bridgehead atoms. The fourth-order valence-corrected chi connectivity index (χ4v) is 2.94. The molecule has 0 atom stereocenters. The number of allylic oxidation sites excluding steroid dienone is 1. The molecule has 0 radical (unpaired) electrons. The molecule has 0 aliphatic rings. The molecular formula is C22H23F3N4. The molecule has 0 amide bonds. The second-order valence-corrected chi connectivity index (χ2v) is 6.91. The number of nitrogens with zero attached hydrogens (tertiary/aromatic N) is 3. The van der Waals surface area contributed by atoms with Crippen molar-refractivity contribution in [3.8, 4) is 0 Å². The van der Waals surface area contributed by atoms with Gasteiger partial charge in [-0.2, -0.15) is 13.2 Å². The molecule has 2 aromatic heterocycles. The number of nitrogens with one attached hydrogen (secondary N) is 1. The van der Waals surface area contributed by atoms with Crippen molar-refractivity contribution in [3.63, 3.8) is 0 Å². The third-order valence-electron chi connectivity index (χ3n) is 4.57. The molecule has 0 spiro atoms. The Morgan fingerprint density at radius 3 is 2.66 bits per heavy atom. The molecule has 29 heavy (non-hydrogen) atoms. The molecule has 1 N–H and O–H groups in total. The lowest BCUT2D eigenvalue weighted by molar-refractivity contribution is -0.137. The van der Waals surface area contributed by atoms with Gasteiger partial charge in [0.25, 0.3) is 0 Å². The van der Waals surface area contributed by atoms with Crippen molar-refractivity contribution in [1.82, 2.24) is 14.5 Å². The molecule has 7 heteroatoms. The van der Waals surface area contributed by atoms with Crippen LogP contribution in [0.25, 0.3) is 5.70 Å². The fraction of sp³-hybridized carbons (Fsp3) is 0.273. The standard InChI is InChI=1S/C22H23F3N4/c1-4-6-20(18-9-15(2)16(3)26-11-18)28-21-13-29(14-27-21)12-17-7-5-8-19(10-17)22(23,24)25/h5-11,13-14,28H,4,12H2,1-3H3/b20-6-. The van der Waals surface area contributed by atoms with E-state index in [1.54, 1.807) is 23.2 Å². The van der Waals surface area contributed by atoms with Crippen LogP contribution in [0.2, 0.25) is 0 Å². The van der Waals surface area contributed by atoms with Crippen molar-refractivity contribution in [2.45, 2.75) is 39.9 Å². The van der Waals surface area contributed by atoms with Crippen LogP contribution >= 0.6 is 0 Å². The van der Waals surface area contributed by atoms with Crippen LogP contribution in [0.4, 0.5) is 19.0 Å². The molecule has 152 valence electrons. The van der Waals surface area contributed by atoms with E-state index in [-0.39, 0.29) is 0 Å². The largest absolute Gasteiger partial charge is 0.416 e. The lowest BCUT2D eigenvalue weighted by Crippen LogP contribution is -2.06. The highest BCUT2D eigenvalue weighted by Gasteiger charge is 2.30. The van der Waals surface area contributed by atoms with Gasteiger partial charge in [0.05, 0.1) is 11.9 Å². The minimum atomic E-state index is -4.35. The van der Waals surface area contributed by atoms with Crippen LogP contribution in [0.3, 0.4) is 0 Å². The molecule has 3 rings (SSSR count). The first-order chi connectivity index (χ1) is 13.8. The van der Waals surface area contributed by atoms with Crippen LogP contribution in [0.5, 0.6) is 0 Å². The Morgan fingerprint density at radius 1 is 1.17 bits per heavy atom. The predicted molar refractivity (Wildman–Crippen MR) is 108 cm³/mol. The number of rotatable bonds is 6. The summed E-state index contributed by atoms with van der Waals surface area (Å²) in [5.74, 6) is 0.620. The summed E-state index contributed by atoms with van der Waals surface area (Å²) in [6, 6.07) is 7.39. The van der Waals surface area contributed by atoms with E-state index in [1.807, 2.05) is 27.0 Å². The van der Waals surface area contributed by atoms with Crippen LogP contribution in [0.15, 0.2) is 55.1 Å². The van der Waals surface area contributed by atoms with Gasteiger partial charge in [0.15, 0.2) is 0 Å². The van der Waals surface area contributed by atoms with Gasteiger partial charge < -0.3 is 9.88 Å². The SMILES string of the molecule is CC/C=C(\Nc1cn(Cc2cccc(C(F)(F)F)c2)cn1)c1cnc(C)c(C)c1. The normalized spacial score (nSPS) is 12.3. The monoisotopic (exact) mass is 400 g/mol. The molecule has 0 aliphatic carbocycles. The molecule has 2 heterocycles. The van der Waals surface area contributed by atoms with Crippen molar-refractivity contribution in [2.24, 2.45) is 0 Å². The number of halogens is 3. The molecular weight excluding hydrogens is 377 g/mol. The zero-order chi connectivity index (χ0) is 21.0. The second-order valence-electron chi connectivity index (χ2n) is 6.91. The summed E-state index contributed by atoms with van der Waals surface area (Å²) >= 11 is 0. The Morgan fingerprint density at radius 2 is 1.97 bits per heavy atom. The highest BCUT2D eigenvalue weighted by Crippen LogP contribution is 2.29. The lowest BCUT2D eigenvalue weighted by atomic mass is 10.1. The smallest absolute Gasteiger partial charge is 0.339 e. The summed E-state index contributed by atoms with van der Waals surface area (Å²) < 4.78 is 40.5. The van der Waals surface area contributed by atoms with Crippen LogP contribution in [0, 0.1) is 13.8 Å². The highest BCUT2D eigenvalue weighted by atomic mass is 19.4. The molecule has 1 aromatic carbocycles. The summed E-state index contributed by atoms with van der Waals surface area (Å²) in [6.45, 7) is 6.32. The lowest BCUT2D eigenvalue weighted by Gasteiger charge is -2.11. The van der Waals surface area contributed by atoms with Crippen molar-refractivity contribution in [2.75, 3.05) is 5.32 Å². The number of hydrogen-bond acceptors (Lipinski definition) is 3. The summed E-state index contributed by atoms with van der Waals surface area (Å²) in [4.78, 5) is 8.75. The first-order valence-electron chi connectivity index (χ1n) is 9.35. The number of alkyl halides is 3. The maximum atomic E-state index is 12.9. The Hall–Kier alpha value is -3.09. The van der Waals surface area contributed by atoms with Gasteiger partial charge in [-0.05, 0) is 49.6 Å². The van der Waals surface area contributed by atoms with E-state index in [0.29, 0.717) is 17.9 Å². The van der Waals surface area contributed by atoms with Crippen molar-refractivity contribution < 1.29 is 13.2 Å². The Balaban J connectivity index is 1.77. The van der Waals surface area contributed by atoms with Crippen molar-refractivity contribution in [3.05, 3.63) is 83.1 Å². The number of benzene rings is 1. The minimum Gasteiger partial charge on any atom is -0.339 e. The van der Waals surface area contributed by atoms with Gasteiger partial charge in [-0.3, -0.25) is 4.98 Å². The average Bonchev–Trinajstić information content (AvgIpc) is 3.10. The molecule has 0 aliphatic heterocycles. The van der Waals surface area contributed by atoms with E-state index in [1.165, 1.54) is 6.07 Å². The minimum absolute atomic E-state index is 0.302. The summed E-state index contributed by atoms with van der Waals surface area (Å²) in [7, 11) is 0. The maximum Gasteiger partial charge on any atom is 0.416 e. The first-order valence-corrected chi connectivity index (χ1v) is 9.35. The van der Waals surface area contributed by atoms with E-state index in [2.05, 4.69) is 27.4 Å². The molecule has 0 saturated carbocycles. The number of pyridine rings is 1. The Labute approximate surface area is 168 Å². The number of anilines is 1. The maximum absolute atomic E-state index is 12.9. The van der Waals surface area contributed by atoms with Gasteiger partial charge in [0.2, 0.25) is 0 Å². The average molecular weight is 400 g/mol. The highest BCUT2D eigenvalue weighted by molar-refractivity contribution is 5.75. The third-order valence-corrected chi connectivity index (χ3v) is 4.57. The Kier molecular flexibility index (Phi) is 6.06. The Bertz CT molecular complexity index is 1020. The summed E-state index contributed by atoms with van der Waals surface area (Å²) in [5.41, 5.74) is 3.85. The number of aromatic nitrogens is 3. The van der Waals surface area contributed by atoms with Gasteiger partial charge in [-0.1, -0.05) is 25.1 Å². The van der Waals surface area contributed by atoms with E-state index >= 15 is 0 Å². The van der Waals surface area contributed by atoms with Crippen LogP contribution in [-0.4, -0.2) is 14.5 Å². The van der Waals surface area contributed by atoms with Gasteiger partial charge in [0.1, 0.15) is 5.82 Å². The molecule has 3 aromatic rings. The van der Waals surface area contributed by atoms with Gasteiger partial charge >= 0.3 is 6.18 Å².